The van der Waals surface area contributed by atoms with Gasteiger partial charge in [0.15, 0.2) is 0 Å². The van der Waals surface area contributed by atoms with Crippen LogP contribution in [0.15, 0.2) is 29.3 Å². The summed E-state index contributed by atoms with van der Waals surface area (Å²) in [5.41, 5.74) is 2.29. The quantitative estimate of drug-likeness (QED) is 0.513. The zero-order chi connectivity index (χ0) is 9.68. The van der Waals surface area contributed by atoms with Crippen molar-refractivity contribution in [2.24, 2.45) is 4.99 Å². The van der Waals surface area contributed by atoms with Gasteiger partial charge in [-0.2, -0.15) is 4.99 Å². The summed E-state index contributed by atoms with van der Waals surface area (Å²) in [5.74, 6) is 0. The summed E-state index contributed by atoms with van der Waals surface area (Å²) in [6, 6.07) is 7.95. The van der Waals surface area contributed by atoms with Gasteiger partial charge in [-0.05, 0) is 24.5 Å². The molecular formula is C11H13NO. The number of aliphatic imine (C=N–C) groups is 1. The van der Waals surface area contributed by atoms with Gasteiger partial charge >= 0.3 is 0 Å². The van der Waals surface area contributed by atoms with Crippen LogP contribution in [0.5, 0.6) is 0 Å². The van der Waals surface area contributed by atoms with E-state index in [1.165, 1.54) is 5.56 Å². The van der Waals surface area contributed by atoms with E-state index in [1.807, 2.05) is 38.1 Å². The number of rotatable bonds is 3. The Kier molecular flexibility index (Phi) is 3.41. The molecule has 2 nitrogen and oxygen atoms in total. The van der Waals surface area contributed by atoms with Crippen molar-refractivity contribution in [1.82, 2.24) is 0 Å². The third-order valence-corrected chi connectivity index (χ3v) is 2.14. The summed E-state index contributed by atoms with van der Waals surface area (Å²) in [6.07, 6.45) is 2.45. The number of isocyanates is 1. The van der Waals surface area contributed by atoms with Crippen molar-refractivity contribution in [1.29, 1.82) is 0 Å². The van der Waals surface area contributed by atoms with Crippen molar-refractivity contribution < 1.29 is 4.79 Å². The molecule has 1 aromatic rings. The lowest BCUT2D eigenvalue weighted by Gasteiger charge is -2.10. The van der Waals surface area contributed by atoms with Gasteiger partial charge in [0, 0.05) is 0 Å². The van der Waals surface area contributed by atoms with E-state index >= 15 is 0 Å². The first-order chi connectivity index (χ1) is 6.29. The molecule has 68 valence electrons. The summed E-state index contributed by atoms with van der Waals surface area (Å²) in [5, 5.41) is 0. The largest absolute Gasteiger partial charge is 0.235 e. The number of hydrogen-bond acceptors (Lipinski definition) is 2. The van der Waals surface area contributed by atoms with E-state index in [2.05, 4.69) is 4.99 Å². The molecule has 0 amide bonds. The molecule has 0 spiro atoms. The first-order valence-electron chi connectivity index (χ1n) is 4.42. The number of nitrogens with zero attached hydrogens (tertiary/aromatic N) is 1. The molecule has 0 saturated heterocycles. The van der Waals surface area contributed by atoms with Gasteiger partial charge in [0.25, 0.3) is 0 Å². The highest BCUT2D eigenvalue weighted by Crippen LogP contribution is 2.23. The zero-order valence-electron chi connectivity index (χ0n) is 7.95. The van der Waals surface area contributed by atoms with E-state index in [0.717, 1.165) is 12.0 Å². The Bertz CT molecular complexity index is 327. The van der Waals surface area contributed by atoms with Gasteiger partial charge in [0.05, 0.1) is 6.04 Å². The summed E-state index contributed by atoms with van der Waals surface area (Å²) < 4.78 is 0. The molecule has 0 unspecified atom stereocenters. The van der Waals surface area contributed by atoms with Gasteiger partial charge < -0.3 is 0 Å². The molecule has 0 saturated carbocycles. The number of carbonyl (C=O) groups excluding carboxylic acids is 1. The Hall–Kier alpha value is -1.40. The van der Waals surface area contributed by atoms with E-state index in [0.29, 0.717) is 0 Å². The Morgan fingerprint density at radius 1 is 1.46 bits per heavy atom. The zero-order valence-corrected chi connectivity index (χ0v) is 7.95. The summed E-state index contributed by atoms with van der Waals surface area (Å²) in [7, 11) is 0. The van der Waals surface area contributed by atoms with E-state index in [1.54, 1.807) is 6.08 Å². The summed E-state index contributed by atoms with van der Waals surface area (Å²) >= 11 is 0. The van der Waals surface area contributed by atoms with E-state index < -0.39 is 0 Å². The van der Waals surface area contributed by atoms with Gasteiger partial charge in [0.2, 0.25) is 6.08 Å². The predicted octanol–water partition coefficient (Wildman–Crippen LogP) is 2.78. The van der Waals surface area contributed by atoms with Crippen molar-refractivity contribution in [3.63, 3.8) is 0 Å². The molecule has 0 bridgehead atoms. The average molecular weight is 175 g/mol. The van der Waals surface area contributed by atoms with Crippen LogP contribution in [0.4, 0.5) is 0 Å². The first kappa shape index (κ1) is 9.69. The molecule has 1 rings (SSSR count). The number of benzene rings is 1. The van der Waals surface area contributed by atoms with E-state index in [-0.39, 0.29) is 6.04 Å². The van der Waals surface area contributed by atoms with Gasteiger partial charge in [-0.15, -0.1) is 0 Å². The summed E-state index contributed by atoms with van der Waals surface area (Å²) in [6.45, 7) is 4.04. The van der Waals surface area contributed by atoms with Crippen LogP contribution in [0.1, 0.15) is 30.5 Å². The molecule has 0 aliphatic rings. The van der Waals surface area contributed by atoms with Gasteiger partial charge in [-0.3, -0.25) is 0 Å². The minimum atomic E-state index is -0.0290. The van der Waals surface area contributed by atoms with E-state index in [9.17, 15) is 4.79 Å². The van der Waals surface area contributed by atoms with Crippen LogP contribution >= 0.6 is 0 Å². The summed E-state index contributed by atoms with van der Waals surface area (Å²) in [4.78, 5) is 13.9. The highest BCUT2D eigenvalue weighted by atomic mass is 16.1. The first-order valence-corrected chi connectivity index (χ1v) is 4.42. The number of aryl methyl sites for hydroxylation is 1. The van der Waals surface area contributed by atoms with Crippen LogP contribution < -0.4 is 0 Å². The molecule has 13 heavy (non-hydrogen) atoms. The lowest BCUT2D eigenvalue weighted by molar-refractivity contribution is 0.555. The predicted molar refractivity (Wildman–Crippen MR) is 52.3 cm³/mol. The minimum absolute atomic E-state index is 0.0290. The van der Waals surface area contributed by atoms with Crippen molar-refractivity contribution >= 4 is 6.08 Å². The number of hydrogen-bond donors (Lipinski definition) is 0. The van der Waals surface area contributed by atoms with E-state index in [4.69, 9.17) is 0 Å². The lowest BCUT2D eigenvalue weighted by atomic mass is 10.0. The third-order valence-electron chi connectivity index (χ3n) is 2.14. The smallest absolute Gasteiger partial charge is 0.211 e. The Morgan fingerprint density at radius 2 is 2.15 bits per heavy atom. The standard InChI is InChI=1S/C11H13NO/c1-3-11(12-8-13)10-7-5-4-6-9(10)2/h4-7,11H,3H2,1-2H3/t11-/m1/s1. The van der Waals surface area contributed by atoms with Crippen LogP contribution in [-0.2, 0) is 4.79 Å². The molecule has 1 aromatic carbocycles. The maximum absolute atomic E-state index is 10.2. The van der Waals surface area contributed by atoms with Crippen molar-refractivity contribution in [3.05, 3.63) is 35.4 Å². The monoisotopic (exact) mass is 175 g/mol. The fourth-order valence-corrected chi connectivity index (χ4v) is 1.41. The van der Waals surface area contributed by atoms with Gasteiger partial charge in [0.1, 0.15) is 0 Å². The Balaban J connectivity index is 3.04. The van der Waals surface area contributed by atoms with Crippen LogP contribution in [0, 0.1) is 6.92 Å². The SMILES string of the molecule is CC[C@@H](N=C=O)c1ccccc1C. The van der Waals surface area contributed by atoms with Crippen molar-refractivity contribution in [2.45, 2.75) is 26.3 Å². The van der Waals surface area contributed by atoms with Crippen molar-refractivity contribution in [2.75, 3.05) is 0 Å². The molecule has 0 radical (unpaired) electrons. The second-order valence-electron chi connectivity index (χ2n) is 3.00. The molecule has 0 heterocycles. The van der Waals surface area contributed by atoms with Crippen LogP contribution in [0.2, 0.25) is 0 Å². The molecule has 0 aliphatic carbocycles. The third kappa shape index (κ3) is 2.27. The molecule has 1 atom stereocenters. The molecular weight excluding hydrogens is 162 g/mol. The normalized spacial score (nSPS) is 11.8. The molecule has 0 aliphatic heterocycles. The fourth-order valence-electron chi connectivity index (χ4n) is 1.41. The molecule has 2 heteroatoms. The topological polar surface area (TPSA) is 29.4 Å². The molecule has 0 aromatic heterocycles. The van der Waals surface area contributed by atoms with Crippen LogP contribution in [0.25, 0.3) is 0 Å². The fraction of sp³-hybridized carbons (Fsp3) is 0.364. The van der Waals surface area contributed by atoms with Crippen LogP contribution in [0.3, 0.4) is 0 Å². The Morgan fingerprint density at radius 3 is 2.69 bits per heavy atom. The highest BCUT2D eigenvalue weighted by molar-refractivity contribution is 5.37. The molecule has 0 fully saturated rings. The Labute approximate surface area is 78.3 Å². The maximum Gasteiger partial charge on any atom is 0.235 e. The average Bonchev–Trinajstić information content (AvgIpc) is 2.16. The minimum Gasteiger partial charge on any atom is -0.211 e. The van der Waals surface area contributed by atoms with Crippen molar-refractivity contribution in [3.8, 4) is 0 Å². The van der Waals surface area contributed by atoms with Gasteiger partial charge in [-0.25, -0.2) is 4.79 Å². The second kappa shape index (κ2) is 4.58. The highest BCUT2D eigenvalue weighted by Gasteiger charge is 2.08. The maximum atomic E-state index is 10.2. The lowest BCUT2D eigenvalue weighted by Crippen LogP contribution is -1.95. The molecule has 0 N–H and O–H groups in total. The van der Waals surface area contributed by atoms with Crippen LogP contribution in [-0.4, -0.2) is 6.08 Å². The van der Waals surface area contributed by atoms with Gasteiger partial charge in [-0.1, -0.05) is 31.2 Å². The second-order valence-corrected chi connectivity index (χ2v) is 3.00.